The zero-order valence-corrected chi connectivity index (χ0v) is 9.71. The Morgan fingerprint density at radius 1 is 1.67 bits per heavy atom. The molecule has 0 saturated carbocycles. The lowest BCUT2D eigenvalue weighted by Gasteiger charge is -2.01. The largest absolute Gasteiger partial charge is 0.372 e. The highest BCUT2D eigenvalue weighted by molar-refractivity contribution is 9.10. The lowest BCUT2D eigenvalue weighted by Crippen LogP contribution is -2.18. The van der Waals surface area contributed by atoms with E-state index in [1.807, 2.05) is 7.05 Å². The second-order valence-corrected chi connectivity index (χ2v) is 4.47. The first-order chi connectivity index (χ1) is 5.69. The molecule has 0 radical (unpaired) electrons. The van der Waals surface area contributed by atoms with Crippen molar-refractivity contribution in [3.63, 3.8) is 0 Å². The molecule has 66 valence electrons. The lowest BCUT2D eigenvalue weighted by atomic mass is 10.4. The summed E-state index contributed by atoms with van der Waals surface area (Å²) >= 11 is 5.22. The molecule has 1 aromatic rings. The third kappa shape index (κ3) is 1.87. The van der Waals surface area contributed by atoms with Crippen LogP contribution in [0, 0.1) is 6.92 Å². The Morgan fingerprint density at radius 3 is 2.67 bits per heavy atom. The van der Waals surface area contributed by atoms with Gasteiger partial charge in [0, 0.05) is 23.4 Å². The van der Waals surface area contributed by atoms with E-state index in [-0.39, 0.29) is 0 Å². The SMILES string of the molecule is CN=C(NC)c1sc(C)cc1Br. The number of hydrogen-bond donors (Lipinski definition) is 1. The minimum absolute atomic E-state index is 0.931. The van der Waals surface area contributed by atoms with Crippen LogP contribution in [0.1, 0.15) is 9.75 Å². The van der Waals surface area contributed by atoms with Gasteiger partial charge in [0.05, 0.1) is 4.88 Å². The van der Waals surface area contributed by atoms with Gasteiger partial charge in [0.1, 0.15) is 5.84 Å². The maximum Gasteiger partial charge on any atom is 0.139 e. The van der Waals surface area contributed by atoms with E-state index in [2.05, 4.69) is 39.2 Å². The summed E-state index contributed by atoms with van der Waals surface area (Å²) in [4.78, 5) is 6.59. The van der Waals surface area contributed by atoms with E-state index in [4.69, 9.17) is 0 Å². The van der Waals surface area contributed by atoms with Crippen LogP contribution in [-0.4, -0.2) is 19.9 Å². The minimum atomic E-state index is 0.931. The van der Waals surface area contributed by atoms with Gasteiger partial charge < -0.3 is 5.32 Å². The number of nitrogens with one attached hydrogen (secondary N) is 1. The van der Waals surface area contributed by atoms with Gasteiger partial charge in [-0.05, 0) is 28.9 Å². The fourth-order valence-electron chi connectivity index (χ4n) is 0.972. The highest BCUT2D eigenvalue weighted by Crippen LogP contribution is 2.26. The molecule has 1 heterocycles. The van der Waals surface area contributed by atoms with E-state index in [1.165, 1.54) is 4.88 Å². The van der Waals surface area contributed by atoms with E-state index >= 15 is 0 Å². The molecule has 1 rings (SSSR count). The summed E-state index contributed by atoms with van der Waals surface area (Å²) in [6.45, 7) is 2.09. The Kier molecular flexibility index (Phi) is 3.29. The van der Waals surface area contributed by atoms with Gasteiger partial charge in [-0.15, -0.1) is 11.3 Å². The van der Waals surface area contributed by atoms with Crippen molar-refractivity contribution in [3.8, 4) is 0 Å². The van der Waals surface area contributed by atoms with E-state index in [9.17, 15) is 0 Å². The fourth-order valence-corrected chi connectivity index (χ4v) is 2.84. The Balaban J connectivity index is 3.09. The standard InChI is InChI=1S/C8H11BrN2S/c1-5-4-6(9)7(12-5)8(10-2)11-3/h4H,1-3H3,(H,10,11). The monoisotopic (exact) mass is 246 g/mol. The fraction of sp³-hybridized carbons (Fsp3) is 0.375. The number of hydrogen-bond acceptors (Lipinski definition) is 2. The van der Waals surface area contributed by atoms with E-state index in [0.717, 1.165) is 15.2 Å². The first-order valence-electron chi connectivity index (χ1n) is 3.60. The lowest BCUT2D eigenvalue weighted by molar-refractivity contribution is 1.15. The van der Waals surface area contributed by atoms with Crippen LogP contribution in [-0.2, 0) is 0 Å². The van der Waals surface area contributed by atoms with Crippen LogP contribution >= 0.6 is 27.3 Å². The predicted molar refractivity (Wildman–Crippen MR) is 58.3 cm³/mol. The van der Waals surface area contributed by atoms with Crippen LogP contribution in [0.5, 0.6) is 0 Å². The number of aliphatic imine (C=N–C) groups is 1. The topological polar surface area (TPSA) is 24.4 Å². The van der Waals surface area contributed by atoms with Gasteiger partial charge in [0.15, 0.2) is 0 Å². The normalized spacial score (nSPS) is 11.8. The molecular weight excluding hydrogens is 236 g/mol. The number of nitrogens with zero attached hydrogens (tertiary/aromatic N) is 1. The minimum Gasteiger partial charge on any atom is -0.372 e. The van der Waals surface area contributed by atoms with Gasteiger partial charge in [-0.3, -0.25) is 4.99 Å². The maximum absolute atomic E-state index is 4.14. The van der Waals surface area contributed by atoms with Crippen LogP contribution in [0.2, 0.25) is 0 Å². The van der Waals surface area contributed by atoms with Gasteiger partial charge >= 0.3 is 0 Å². The Bertz CT molecular complexity index is 304. The molecule has 0 aliphatic heterocycles. The van der Waals surface area contributed by atoms with Crippen molar-refractivity contribution in [3.05, 3.63) is 20.3 Å². The van der Waals surface area contributed by atoms with Crippen LogP contribution in [0.15, 0.2) is 15.5 Å². The molecule has 0 aliphatic carbocycles. The van der Waals surface area contributed by atoms with Crippen LogP contribution in [0.4, 0.5) is 0 Å². The second kappa shape index (κ2) is 4.05. The molecule has 1 aromatic heterocycles. The summed E-state index contributed by atoms with van der Waals surface area (Å²) in [5, 5.41) is 3.05. The molecule has 0 fully saturated rings. The number of rotatable bonds is 1. The third-order valence-electron chi connectivity index (χ3n) is 1.49. The second-order valence-electron chi connectivity index (χ2n) is 2.36. The number of aryl methyl sites for hydroxylation is 1. The predicted octanol–water partition coefficient (Wildman–Crippen LogP) is 2.41. The van der Waals surface area contributed by atoms with Crippen LogP contribution in [0.3, 0.4) is 0 Å². The van der Waals surface area contributed by atoms with Crippen molar-refractivity contribution < 1.29 is 0 Å². The van der Waals surface area contributed by atoms with Crippen molar-refractivity contribution in [2.24, 2.45) is 4.99 Å². The smallest absolute Gasteiger partial charge is 0.139 e. The summed E-state index contributed by atoms with van der Waals surface area (Å²) in [6.07, 6.45) is 0. The Hall–Kier alpha value is -0.350. The summed E-state index contributed by atoms with van der Waals surface area (Å²) < 4.78 is 1.11. The first-order valence-corrected chi connectivity index (χ1v) is 5.20. The van der Waals surface area contributed by atoms with E-state index in [0.29, 0.717) is 0 Å². The molecule has 0 unspecified atom stereocenters. The number of amidine groups is 1. The zero-order valence-electron chi connectivity index (χ0n) is 7.31. The van der Waals surface area contributed by atoms with Gasteiger partial charge in [0.2, 0.25) is 0 Å². The average Bonchev–Trinajstić information content (AvgIpc) is 2.34. The molecule has 0 bridgehead atoms. The Labute approximate surface area is 84.8 Å². The third-order valence-corrected chi connectivity index (χ3v) is 3.43. The molecule has 0 aliphatic rings. The van der Waals surface area contributed by atoms with E-state index < -0.39 is 0 Å². The molecule has 0 amide bonds. The highest BCUT2D eigenvalue weighted by atomic mass is 79.9. The molecular formula is C8H11BrN2S. The van der Waals surface area contributed by atoms with Gasteiger partial charge in [0.25, 0.3) is 0 Å². The van der Waals surface area contributed by atoms with Crippen LogP contribution in [0.25, 0.3) is 0 Å². The Morgan fingerprint density at radius 2 is 2.33 bits per heavy atom. The molecule has 1 N–H and O–H groups in total. The summed E-state index contributed by atoms with van der Waals surface area (Å²) in [5.41, 5.74) is 0. The van der Waals surface area contributed by atoms with E-state index in [1.54, 1.807) is 18.4 Å². The summed E-state index contributed by atoms with van der Waals surface area (Å²) in [5.74, 6) is 0.931. The molecule has 0 atom stereocenters. The molecule has 0 spiro atoms. The van der Waals surface area contributed by atoms with Crippen LogP contribution < -0.4 is 5.32 Å². The number of halogens is 1. The first kappa shape index (κ1) is 9.74. The van der Waals surface area contributed by atoms with Crippen molar-refractivity contribution >= 4 is 33.1 Å². The number of thiophene rings is 1. The van der Waals surface area contributed by atoms with Crippen molar-refractivity contribution in [1.29, 1.82) is 0 Å². The van der Waals surface area contributed by atoms with Crippen molar-refractivity contribution in [1.82, 2.24) is 5.32 Å². The van der Waals surface area contributed by atoms with Gasteiger partial charge in [-0.25, -0.2) is 0 Å². The molecule has 0 saturated heterocycles. The molecule has 2 nitrogen and oxygen atoms in total. The van der Waals surface area contributed by atoms with Crippen molar-refractivity contribution in [2.75, 3.05) is 14.1 Å². The molecule has 0 aromatic carbocycles. The van der Waals surface area contributed by atoms with Gasteiger partial charge in [-0.1, -0.05) is 0 Å². The zero-order chi connectivity index (χ0) is 9.14. The van der Waals surface area contributed by atoms with Gasteiger partial charge in [-0.2, -0.15) is 0 Å². The van der Waals surface area contributed by atoms with Crippen molar-refractivity contribution in [2.45, 2.75) is 6.92 Å². The molecule has 4 heteroatoms. The summed E-state index contributed by atoms with van der Waals surface area (Å²) in [6, 6.07) is 2.10. The quantitative estimate of drug-likeness (QED) is 0.598. The molecule has 12 heavy (non-hydrogen) atoms. The highest BCUT2D eigenvalue weighted by Gasteiger charge is 2.08. The average molecular weight is 247 g/mol. The maximum atomic E-state index is 4.14. The summed E-state index contributed by atoms with van der Waals surface area (Å²) in [7, 11) is 3.66.